The van der Waals surface area contributed by atoms with Gasteiger partial charge in [-0.2, -0.15) is 0 Å². The van der Waals surface area contributed by atoms with Gasteiger partial charge in [0.2, 0.25) is 0 Å². The Bertz CT molecular complexity index is 405. The van der Waals surface area contributed by atoms with E-state index in [0.29, 0.717) is 10.6 Å². The molecule has 2 nitrogen and oxygen atoms in total. The number of hydrogen-bond acceptors (Lipinski definition) is 2. The fourth-order valence-electron chi connectivity index (χ4n) is 1.54. The topological polar surface area (TPSA) is 43.1 Å². The highest BCUT2D eigenvalue weighted by Gasteiger charge is 2.19. The quantitative estimate of drug-likeness (QED) is 0.806. The molecule has 88 valence electrons. The smallest absolute Gasteiger partial charge is 0.179 e. The van der Waals surface area contributed by atoms with Crippen molar-refractivity contribution in [2.45, 2.75) is 39.2 Å². The number of carbonyl (C=O) groups excluding carboxylic acids is 1. The third kappa shape index (κ3) is 2.83. The maximum atomic E-state index is 11.7. The second kappa shape index (κ2) is 4.56. The molecule has 1 unspecified atom stereocenters. The lowest BCUT2D eigenvalue weighted by Gasteiger charge is -2.21. The molecule has 0 aliphatic rings. The summed E-state index contributed by atoms with van der Waals surface area (Å²) in [7, 11) is 0. The lowest BCUT2D eigenvalue weighted by molar-refractivity contribution is 0.0968. The molecule has 0 radical (unpaired) electrons. The molecule has 16 heavy (non-hydrogen) atoms. The molecule has 1 aromatic carbocycles. The van der Waals surface area contributed by atoms with Crippen molar-refractivity contribution in [2.75, 3.05) is 0 Å². The van der Waals surface area contributed by atoms with Gasteiger partial charge in [0, 0.05) is 10.6 Å². The predicted octanol–water partition coefficient (Wildman–Crippen LogP) is 3.17. The maximum Gasteiger partial charge on any atom is 0.179 e. The minimum absolute atomic E-state index is 0.0208. The highest BCUT2D eigenvalue weighted by atomic mass is 35.5. The molecule has 0 saturated heterocycles. The molecule has 0 aromatic heterocycles. The second-order valence-electron chi connectivity index (χ2n) is 5.10. The summed E-state index contributed by atoms with van der Waals surface area (Å²) in [5.41, 5.74) is 7.14. The summed E-state index contributed by atoms with van der Waals surface area (Å²) in [5, 5.41) is 0.624. The molecule has 1 rings (SSSR count). The van der Waals surface area contributed by atoms with E-state index in [-0.39, 0.29) is 11.2 Å². The van der Waals surface area contributed by atoms with Crippen molar-refractivity contribution in [3.05, 3.63) is 34.3 Å². The van der Waals surface area contributed by atoms with Crippen LogP contribution in [0.4, 0.5) is 0 Å². The molecule has 0 heterocycles. The van der Waals surface area contributed by atoms with Gasteiger partial charge in [-0.15, -0.1) is 0 Å². The number of hydrogen-bond donors (Lipinski definition) is 1. The number of benzene rings is 1. The molecule has 3 heteroatoms. The summed E-state index contributed by atoms with van der Waals surface area (Å²) in [6.07, 6.45) is 0. The van der Waals surface area contributed by atoms with Crippen LogP contribution >= 0.6 is 11.6 Å². The monoisotopic (exact) mass is 239 g/mol. The molecule has 0 saturated carbocycles. The molecule has 0 aliphatic heterocycles. The highest BCUT2D eigenvalue weighted by Crippen LogP contribution is 2.30. The Labute approximate surface area is 102 Å². The standard InChI is InChI=1S/C13H18ClNO/c1-8(15)12(16)9-5-6-10(11(14)7-9)13(2,3)4/h5-8H,15H2,1-4H3. The van der Waals surface area contributed by atoms with Crippen molar-refractivity contribution in [3.63, 3.8) is 0 Å². The largest absolute Gasteiger partial charge is 0.321 e. The van der Waals surface area contributed by atoms with Gasteiger partial charge in [0.15, 0.2) is 5.78 Å². The zero-order chi connectivity index (χ0) is 12.5. The fourth-order valence-corrected chi connectivity index (χ4v) is 2.00. The van der Waals surface area contributed by atoms with Crippen LogP contribution in [0, 0.1) is 0 Å². The SMILES string of the molecule is CC(N)C(=O)c1ccc(C(C)(C)C)c(Cl)c1. The summed E-state index contributed by atoms with van der Waals surface area (Å²) in [4.78, 5) is 11.7. The summed E-state index contributed by atoms with van der Waals surface area (Å²) in [5.74, 6) is -0.0811. The van der Waals surface area contributed by atoms with Crippen LogP contribution in [0.15, 0.2) is 18.2 Å². The van der Waals surface area contributed by atoms with Crippen molar-refractivity contribution in [1.82, 2.24) is 0 Å². The van der Waals surface area contributed by atoms with Crippen LogP contribution in [0.3, 0.4) is 0 Å². The van der Waals surface area contributed by atoms with E-state index in [9.17, 15) is 4.79 Å². The first-order valence-corrected chi connectivity index (χ1v) is 5.71. The van der Waals surface area contributed by atoms with Gasteiger partial charge < -0.3 is 5.73 Å². The number of ketones is 1. The van der Waals surface area contributed by atoms with Gasteiger partial charge >= 0.3 is 0 Å². The van der Waals surface area contributed by atoms with Crippen LogP contribution in [0.1, 0.15) is 43.6 Å². The molecular weight excluding hydrogens is 222 g/mol. The Balaban J connectivity index is 3.15. The number of Topliss-reactive ketones (excluding diaryl/α,β-unsaturated/α-hetero) is 1. The van der Waals surface area contributed by atoms with Gasteiger partial charge in [-0.1, -0.05) is 44.5 Å². The van der Waals surface area contributed by atoms with Crippen LogP contribution in [0.5, 0.6) is 0 Å². The molecule has 0 bridgehead atoms. The Morgan fingerprint density at radius 2 is 1.94 bits per heavy atom. The first kappa shape index (κ1) is 13.2. The third-order valence-corrected chi connectivity index (χ3v) is 2.79. The minimum Gasteiger partial charge on any atom is -0.321 e. The van der Waals surface area contributed by atoms with Crippen molar-refractivity contribution >= 4 is 17.4 Å². The van der Waals surface area contributed by atoms with E-state index in [1.807, 2.05) is 6.07 Å². The zero-order valence-corrected chi connectivity index (χ0v) is 10.9. The van der Waals surface area contributed by atoms with E-state index in [1.54, 1.807) is 19.1 Å². The van der Waals surface area contributed by atoms with Crippen LogP contribution in [0.2, 0.25) is 5.02 Å². The lowest BCUT2D eigenvalue weighted by atomic mass is 9.86. The number of nitrogens with two attached hydrogens (primary N) is 1. The van der Waals surface area contributed by atoms with Crippen molar-refractivity contribution in [3.8, 4) is 0 Å². The maximum absolute atomic E-state index is 11.7. The van der Waals surface area contributed by atoms with E-state index in [1.165, 1.54) is 0 Å². The average molecular weight is 240 g/mol. The molecule has 1 aromatic rings. The molecule has 0 fully saturated rings. The summed E-state index contributed by atoms with van der Waals surface area (Å²) < 4.78 is 0. The average Bonchev–Trinajstić information content (AvgIpc) is 2.14. The Kier molecular flexibility index (Phi) is 3.76. The van der Waals surface area contributed by atoms with E-state index in [2.05, 4.69) is 20.8 Å². The highest BCUT2D eigenvalue weighted by molar-refractivity contribution is 6.32. The zero-order valence-electron chi connectivity index (χ0n) is 10.2. The van der Waals surface area contributed by atoms with Crippen molar-refractivity contribution < 1.29 is 4.79 Å². The Morgan fingerprint density at radius 3 is 2.31 bits per heavy atom. The molecule has 0 aliphatic carbocycles. The molecule has 1 atom stereocenters. The van der Waals surface area contributed by atoms with E-state index in [0.717, 1.165) is 5.56 Å². The van der Waals surface area contributed by atoms with Crippen molar-refractivity contribution in [2.24, 2.45) is 5.73 Å². The van der Waals surface area contributed by atoms with Gasteiger partial charge in [-0.3, -0.25) is 4.79 Å². The number of carbonyl (C=O) groups is 1. The Hall–Kier alpha value is -0.860. The van der Waals surface area contributed by atoms with Crippen LogP contribution in [0.25, 0.3) is 0 Å². The first-order valence-electron chi connectivity index (χ1n) is 5.33. The van der Waals surface area contributed by atoms with Crippen LogP contribution in [-0.2, 0) is 5.41 Å². The first-order chi connectivity index (χ1) is 7.23. The van der Waals surface area contributed by atoms with Crippen LogP contribution in [-0.4, -0.2) is 11.8 Å². The third-order valence-electron chi connectivity index (χ3n) is 2.48. The van der Waals surface area contributed by atoms with Gasteiger partial charge in [-0.05, 0) is 24.0 Å². The van der Waals surface area contributed by atoms with Gasteiger partial charge in [0.1, 0.15) is 0 Å². The lowest BCUT2D eigenvalue weighted by Crippen LogP contribution is -2.26. The predicted molar refractivity (Wildman–Crippen MR) is 68.1 cm³/mol. The van der Waals surface area contributed by atoms with Gasteiger partial charge in [0.25, 0.3) is 0 Å². The summed E-state index contributed by atoms with van der Waals surface area (Å²) >= 11 is 6.17. The van der Waals surface area contributed by atoms with E-state index < -0.39 is 6.04 Å². The normalized spacial score (nSPS) is 13.6. The van der Waals surface area contributed by atoms with E-state index >= 15 is 0 Å². The molecular formula is C13H18ClNO. The van der Waals surface area contributed by atoms with E-state index in [4.69, 9.17) is 17.3 Å². The molecule has 0 amide bonds. The summed E-state index contributed by atoms with van der Waals surface area (Å²) in [6.45, 7) is 7.93. The fraction of sp³-hybridized carbons (Fsp3) is 0.462. The minimum atomic E-state index is -0.489. The molecule has 2 N–H and O–H groups in total. The van der Waals surface area contributed by atoms with Crippen LogP contribution < -0.4 is 5.73 Å². The van der Waals surface area contributed by atoms with Crippen molar-refractivity contribution in [1.29, 1.82) is 0 Å². The molecule has 0 spiro atoms. The number of halogens is 1. The summed E-state index contributed by atoms with van der Waals surface area (Å²) in [6, 6.07) is 4.90. The second-order valence-corrected chi connectivity index (χ2v) is 5.50. The van der Waals surface area contributed by atoms with Gasteiger partial charge in [0.05, 0.1) is 6.04 Å². The number of rotatable bonds is 2. The van der Waals surface area contributed by atoms with Gasteiger partial charge in [-0.25, -0.2) is 0 Å². The Morgan fingerprint density at radius 1 is 1.38 bits per heavy atom.